The molecule has 0 saturated carbocycles. The van der Waals surface area contributed by atoms with E-state index in [4.69, 9.17) is 0 Å². The molecule has 0 atom stereocenters. The van der Waals surface area contributed by atoms with Crippen molar-refractivity contribution < 1.29 is 4.79 Å². The highest BCUT2D eigenvalue weighted by atomic mass is 16.1. The number of carbonyl (C=O) groups excluding carboxylic acids is 1. The van der Waals surface area contributed by atoms with Crippen molar-refractivity contribution in [2.45, 2.75) is 31.7 Å². The number of carbonyl (C=O) groups is 1. The summed E-state index contributed by atoms with van der Waals surface area (Å²) in [6, 6.07) is 22.3. The lowest BCUT2D eigenvalue weighted by Gasteiger charge is -2.40. The van der Waals surface area contributed by atoms with Crippen molar-refractivity contribution >= 4 is 12.0 Å². The zero-order valence-electron chi connectivity index (χ0n) is 22.1. The molecule has 196 valence electrons. The molecule has 2 aromatic carbocycles. The summed E-state index contributed by atoms with van der Waals surface area (Å²) < 4.78 is 0. The predicted octanol–water partition coefficient (Wildman–Crippen LogP) is 5.05. The third kappa shape index (κ3) is 6.85. The zero-order chi connectivity index (χ0) is 26.0. The number of allylic oxidation sites excluding steroid dienone is 2. The summed E-state index contributed by atoms with van der Waals surface area (Å²) in [6.45, 7) is 6.16. The summed E-state index contributed by atoms with van der Waals surface area (Å²) in [7, 11) is 0. The highest BCUT2D eigenvalue weighted by Gasteiger charge is 2.30. The van der Waals surface area contributed by atoms with Crippen LogP contribution >= 0.6 is 0 Å². The van der Waals surface area contributed by atoms with Crippen LogP contribution in [0.15, 0.2) is 91.3 Å². The number of piperazine rings is 1. The van der Waals surface area contributed by atoms with Gasteiger partial charge >= 0.3 is 0 Å². The van der Waals surface area contributed by atoms with Gasteiger partial charge in [-0.15, -0.1) is 0 Å². The van der Waals surface area contributed by atoms with Crippen LogP contribution in [0.25, 0.3) is 6.08 Å². The Morgan fingerprint density at radius 2 is 1.58 bits per heavy atom. The number of nitrogens with zero attached hydrogens (tertiary/aromatic N) is 3. The molecule has 0 spiro atoms. The fourth-order valence-corrected chi connectivity index (χ4v) is 5.65. The van der Waals surface area contributed by atoms with Gasteiger partial charge in [0.05, 0.1) is 6.04 Å². The quantitative estimate of drug-likeness (QED) is 0.251. The number of rotatable bonds is 9. The molecule has 1 aliphatic heterocycles. The summed E-state index contributed by atoms with van der Waals surface area (Å²) in [4.78, 5) is 21.4. The Hall–Kier alpha value is -3.54. The standard InChI is InChI=1S/C33H38N4O/c38-32(16-6-1-10-27-11-9-19-34-26-27)35-20-7-8-21-36-22-24-37(25-23-36)33-30-14-4-2-12-28(30)17-18-29-13-3-5-15-31(29)33/h1-6,9-16,19,26,33H,7-8,17-18,20-25H2,(H,35,38). The van der Waals surface area contributed by atoms with Crippen LogP contribution in [0.3, 0.4) is 0 Å². The highest BCUT2D eigenvalue weighted by molar-refractivity contribution is 5.87. The van der Waals surface area contributed by atoms with E-state index in [1.165, 1.54) is 22.3 Å². The van der Waals surface area contributed by atoms with Crippen LogP contribution in [0.2, 0.25) is 0 Å². The molecule has 5 heteroatoms. The summed E-state index contributed by atoms with van der Waals surface area (Å²) in [5.41, 5.74) is 6.99. The summed E-state index contributed by atoms with van der Waals surface area (Å²) >= 11 is 0. The van der Waals surface area contributed by atoms with Gasteiger partial charge in [-0.1, -0.05) is 72.8 Å². The Morgan fingerprint density at radius 1 is 0.868 bits per heavy atom. The van der Waals surface area contributed by atoms with Crippen molar-refractivity contribution in [3.05, 3.63) is 119 Å². The van der Waals surface area contributed by atoms with E-state index in [0.717, 1.165) is 64.0 Å². The largest absolute Gasteiger partial charge is 0.353 e. The van der Waals surface area contributed by atoms with Gasteiger partial charge in [0.15, 0.2) is 0 Å². The monoisotopic (exact) mass is 506 g/mol. The molecule has 2 aliphatic rings. The normalized spacial score (nSPS) is 16.8. The van der Waals surface area contributed by atoms with E-state index >= 15 is 0 Å². The smallest absolute Gasteiger partial charge is 0.243 e. The first-order chi connectivity index (χ1) is 18.8. The fraction of sp³-hybridized carbons (Fsp3) is 0.333. The van der Waals surface area contributed by atoms with Gasteiger partial charge in [0, 0.05) is 51.2 Å². The van der Waals surface area contributed by atoms with Crippen LogP contribution in [0.1, 0.15) is 46.7 Å². The van der Waals surface area contributed by atoms with Crippen molar-refractivity contribution in [2.75, 3.05) is 39.3 Å². The first-order valence-electron chi connectivity index (χ1n) is 13.9. The Balaban J connectivity index is 1.05. The molecular weight excluding hydrogens is 468 g/mol. The minimum absolute atomic E-state index is 0.0431. The van der Waals surface area contributed by atoms with E-state index in [1.54, 1.807) is 24.5 Å². The second-order valence-electron chi connectivity index (χ2n) is 10.2. The molecule has 1 amide bonds. The maximum atomic E-state index is 12.0. The molecule has 2 heterocycles. The van der Waals surface area contributed by atoms with Gasteiger partial charge in [-0.3, -0.25) is 14.7 Å². The lowest BCUT2D eigenvalue weighted by atomic mass is 9.92. The van der Waals surface area contributed by atoms with E-state index in [2.05, 4.69) is 68.6 Å². The second-order valence-corrected chi connectivity index (χ2v) is 10.2. The first kappa shape index (κ1) is 26.1. The molecule has 38 heavy (non-hydrogen) atoms. The van der Waals surface area contributed by atoms with Crippen molar-refractivity contribution in [2.24, 2.45) is 0 Å². The lowest BCUT2D eigenvalue weighted by molar-refractivity contribution is -0.116. The predicted molar refractivity (Wildman–Crippen MR) is 155 cm³/mol. The zero-order valence-corrected chi connectivity index (χ0v) is 22.1. The third-order valence-corrected chi connectivity index (χ3v) is 7.67. The number of aromatic nitrogens is 1. The molecule has 0 radical (unpaired) electrons. The van der Waals surface area contributed by atoms with Crippen LogP contribution < -0.4 is 5.32 Å². The SMILES string of the molecule is O=C(C=CC=Cc1cccnc1)NCCCCN1CCN(C2c3ccccc3CCc3ccccc32)CC1. The van der Waals surface area contributed by atoms with Crippen LogP contribution in [0.4, 0.5) is 0 Å². The molecule has 5 nitrogen and oxygen atoms in total. The minimum Gasteiger partial charge on any atom is -0.353 e. The van der Waals surface area contributed by atoms with Crippen molar-refractivity contribution in [3.63, 3.8) is 0 Å². The molecule has 1 aliphatic carbocycles. The number of hydrogen-bond donors (Lipinski definition) is 1. The molecule has 0 unspecified atom stereocenters. The van der Waals surface area contributed by atoms with E-state index in [9.17, 15) is 4.79 Å². The number of pyridine rings is 1. The Labute approximate surface area is 226 Å². The van der Waals surface area contributed by atoms with Gasteiger partial charge in [-0.05, 0) is 66.1 Å². The maximum absolute atomic E-state index is 12.0. The molecule has 1 aromatic heterocycles. The number of nitrogens with one attached hydrogen (secondary N) is 1. The van der Waals surface area contributed by atoms with Gasteiger partial charge in [-0.25, -0.2) is 0 Å². The van der Waals surface area contributed by atoms with Crippen molar-refractivity contribution in [1.29, 1.82) is 0 Å². The Bertz CT molecular complexity index is 1200. The van der Waals surface area contributed by atoms with Crippen LogP contribution in [-0.4, -0.2) is 60.0 Å². The Morgan fingerprint density at radius 3 is 2.26 bits per heavy atom. The van der Waals surface area contributed by atoms with E-state index < -0.39 is 0 Å². The lowest BCUT2D eigenvalue weighted by Crippen LogP contribution is -2.48. The van der Waals surface area contributed by atoms with E-state index in [0.29, 0.717) is 12.6 Å². The maximum Gasteiger partial charge on any atom is 0.243 e. The second kappa shape index (κ2) is 13.3. The van der Waals surface area contributed by atoms with Gasteiger partial charge in [-0.2, -0.15) is 0 Å². The number of benzene rings is 2. The summed E-state index contributed by atoms with van der Waals surface area (Å²) in [5, 5.41) is 3.00. The van der Waals surface area contributed by atoms with E-state index in [1.807, 2.05) is 24.3 Å². The van der Waals surface area contributed by atoms with Gasteiger partial charge in [0.25, 0.3) is 0 Å². The van der Waals surface area contributed by atoms with Crippen LogP contribution in [-0.2, 0) is 17.6 Å². The first-order valence-corrected chi connectivity index (χ1v) is 13.9. The number of hydrogen-bond acceptors (Lipinski definition) is 4. The molecule has 1 fully saturated rings. The van der Waals surface area contributed by atoms with Gasteiger partial charge < -0.3 is 10.2 Å². The molecular formula is C33H38N4O. The minimum atomic E-state index is -0.0431. The highest BCUT2D eigenvalue weighted by Crippen LogP contribution is 2.37. The van der Waals surface area contributed by atoms with Crippen LogP contribution in [0, 0.1) is 0 Å². The number of amides is 1. The number of aryl methyl sites for hydroxylation is 2. The number of fused-ring (bicyclic) bond motifs is 2. The van der Waals surface area contributed by atoms with Gasteiger partial charge in [0.2, 0.25) is 5.91 Å². The molecule has 5 rings (SSSR count). The summed E-state index contributed by atoms with van der Waals surface area (Å²) in [6.07, 6.45) is 15.0. The average Bonchev–Trinajstić information content (AvgIpc) is 3.13. The molecule has 1 N–H and O–H groups in total. The topological polar surface area (TPSA) is 48.5 Å². The third-order valence-electron chi connectivity index (χ3n) is 7.67. The van der Waals surface area contributed by atoms with Crippen molar-refractivity contribution in [3.8, 4) is 0 Å². The van der Waals surface area contributed by atoms with E-state index in [-0.39, 0.29) is 5.91 Å². The summed E-state index contributed by atoms with van der Waals surface area (Å²) in [5.74, 6) is -0.0431. The molecule has 3 aromatic rings. The fourth-order valence-electron chi connectivity index (χ4n) is 5.65. The average molecular weight is 507 g/mol. The molecule has 0 bridgehead atoms. The number of unbranched alkanes of at least 4 members (excludes halogenated alkanes) is 1. The Kier molecular flexibility index (Phi) is 9.14. The van der Waals surface area contributed by atoms with Crippen molar-refractivity contribution in [1.82, 2.24) is 20.1 Å². The van der Waals surface area contributed by atoms with Crippen LogP contribution in [0.5, 0.6) is 0 Å². The molecule has 1 saturated heterocycles. The van der Waals surface area contributed by atoms with Gasteiger partial charge in [0.1, 0.15) is 0 Å².